The average molecular weight is 323 g/mol. The molecule has 0 saturated heterocycles. The number of carbonyl (C=O) groups is 1. The summed E-state index contributed by atoms with van der Waals surface area (Å²) < 4.78 is 1.72. The van der Waals surface area contributed by atoms with Gasteiger partial charge in [-0.1, -0.05) is 0 Å². The zero-order valence-electron chi connectivity index (χ0n) is 13.2. The highest BCUT2D eigenvalue weighted by molar-refractivity contribution is 5.99. The molecule has 0 radical (unpaired) electrons. The SMILES string of the molecule is Cn1cc(NC(=O)Nc2cc(-c3cccnc3)[nH]n2)c(C2CC2)n1. The second-order valence-corrected chi connectivity index (χ2v) is 5.86. The first-order valence-corrected chi connectivity index (χ1v) is 7.76. The molecule has 0 aliphatic heterocycles. The van der Waals surface area contributed by atoms with Crippen molar-refractivity contribution in [2.75, 3.05) is 10.6 Å². The number of pyridine rings is 1. The van der Waals surface area contributed by atoms with E-state index in [1.165, 1.54) is 0 Å². The van der Waals surface area contributed by atoms with E-state index in [0.29, 0.717) is 11.7 Å². The molecule has 3 heterocycles. The number of hydrogen-bond acceptors (Lipinski definition) is 4. The molecular weight excluding hydrogens is 306 g/mol. The van der Waals surface area contributed by atoms with Crippen molar-refractivity contribution < 1.29 is 4.79 Å². The second kappa shape index (κ2) is 5.80. The Bertz CT molecular complexity index is 864. The van der Waals surface area contributed by atoms with Crippen LogP contribution in [0.15, 0.2) is 36.8 Å². The molecule has 1 aliphatic carbocycles. The molecule has 1 saturated carbocycles. The van der Waals surface area contributed by atoms with Crippen molar-refractivity contribution in [2.45, 2.75) is 18.8 Å². The Hall–Kier alpha value is -3.16. The maximum absolute atomic E-state index is 12.2. The molecule has 4 rings (SSSR count). The van der Waals surface area contributed by atoms with E-state index in [-0.39, 0.29) is 6.03 Å². The maximum atomic E-state index is 12.2. The summed E-state index contributed by atoms with van der Waals surface area (Å²) in [7, 11) is 1.85. The van der Waals surface area contributed by atoms with Gasteiger partial charge in [0.25, 0.3) is 0 Å². The Kier molecular flexibility index (Phi) is 3.49. The summed E-state index contributed by atoms with van der Waals surface area (Å²) in [5.74, 6) is 0.910. The van der Waals surface area contributed by atoms with Crippen LogP contribution in [0.1, 0.15) is 24.5 Å². The van der Waals surface area contributed by atoms with Crippen LogP contribution in [-0.2, 0) is 7.05 Å². The van der Waals surface area contributed by atoms with Crippen LogP contribution in [0.4, 0.5) is 16.3 Å². The molecular formula is C16H17N7O. The summed E-state index contributed by atoms with van der Waals surface area (Å²) in [5.41, 5.74) is 3.39. The van der Waals surface area contributed by atoms with Gasteiger partial charge < -0.3 is 5.32 Å². The van der Waals surface area contributed by atoms with Gasteiger partial charge in [-0.05, 0) is 25.0 Å². The first-order chi connectivity index (χ1) is 11.7. The molecule has 0 spiro atoms. The van der Waals surface area contributed by atoms with E-state index in [0.717, 1.165) is 35.5 Å². The zero-order valence-corrected chi connectivity index (χ0v) is 13.2. The lowest BCUT2D eigenvalue weighted by atomic mass is 10.2. The van der Waals surface area contributed by atoms with Crippen molar-refractivity contribution in [3.05, 3.63) is 42.5 Å². The lowest BCUT2D eigenvalue weighted by Gasteiger charge is -2.04. The van der Waals surface area contributed by atoms with Gasteiger partial charge in [-0.3, -0.25) is 20.1 Å². The number of H-pyrrole nitrogens is 1. The Morgan fingerprint density at radius 2 is 2.25 bits per heavy atom. The van der Waals surface area contributed by atoms with Crippen molar-refractivity contribution in [2.24, 2.45) is 7.05 Å². The molecule has 24 heavy (non-hydrogen) atoms. The van der Waals surface area contributed by atoms with Crippen molar-refractivity contribution in [1.29, 1.82) is 0 Å². The zero-order chi connectivity index (χ0) is 16.5. The van der Waals surface area contributed by atoms with Gasteiger partial charge in [0.05, 0.1) is 17.1 Å². The third-order valence-corrected chi connectivity index (χ3v) is 3.86. The monoisotopic (exact) mass is 323 g/mol. The fraction of sp³-hybridized carbons (Fsp3) is 0.250. The van der Waals surface area contributed by atoms with Gasteiger partial charge >= 0.3 is 6.03 Å². The Balaban J connectivity index is 1.44. The Morgan fingerprint density at radius 3 is 3.00 bits per heavy atom. The predicted octanol–water partition coefficient (Wildman–Crippen LogP) is 2.73. The summed E-state index contributed by atoms with van der Waals surface area (Å²) in [6.07, 6.45) is 7.51. The maximum Gasteiger partial charge on any atom is 0.324 e. The van der Waals surface area contributed by atoms with Crippen LogP contribution in [0, 0.1) is 0 Å². The Labute approximate surface area is 138 Å². The van der Waals surface area contributed by atoms with E-state index in [1.54, 1.807) is 23.1 Å². The van der Waals surface area contributed by atoms with E-state index < -0.39 is 0 Å². The fourth-order valence-electron chi connectivity index (χ4n) is 2.59. The normalized spacial score (nSPS) is 13.7. The number of amides is 2. The van der Waals surface area contributed by atoms with E-state index in [2.05, 4.69) is 30.9 Å². The number of aromatic amines is 1. The molecule has 3 aromatic rings. The number of anilines is 2. The minimum absolute atomic E-state index is 0.339. The molecule has 2 amide bonds. The number of hydrogen-bond donors (Lipinski definition) is 3. The highest BCUT2D eigenvalue weighted by Crippen LogP contribution is 2.42. The van der Waals surface area contributed by atoms with Crippen LogP contribution in [0.25, 0.3) is 11.3 Å². The highest BCUT2D eigenvalue weighted by Gasteiger charge is 2.29. The van der Waals surface area contributed by atoms with E-state index in [1.807, 2.05) is 25.4 Å². The van der Waals surface area contributed by atoms with Gasteiger partial charge in [0.15, 0.2) is 5.82 Å². The van der Waals surface area contributed by atoms with Gasteiger partial charge in [0.1, 0.15) is 0 Å². The molecule has 0 aromatic carbocycles. The molecule has 1 fully saturated rings. The smallest absolute Gasteiger partial charge is 0.305 e. The summed E-state index contributed by atoms with van der Waals surface area (Å²) >= 11 is 0. The van der Waals surface area contributed by atoms with Gasteiger partial charge in [0, 0.05) is 43.2 Å². The molecule has 8 nitrogen and oxygen atoms in total. The van der Waals surface area contributed by atoms with Crippen molar-refractivity contribution in [3.63, 3.8) is 0 Å². The highest BCUT2D eigenvalue weighted by atomic mass is 16.2. The number of rotatable bonds is 4. The van der Waals surface area contributed by atoms with Crippen LogP contribution in [0.3, 0.4) is 0 Å². The van der Waals surface area contributed by atoms with Gasteiger partial charge in [-0.25, -0.2) is 4.79 Å². The molecule has 1 aliphatic rings. The third kappa shape index (κ3) is 2.98. The summed E-state index contributed by atoms with van der Waals surface area (Å²) in [4.78, 5) is 16.3. The minimum atomic E-state index is -0.339. The fourth-order valence-corrected chi connectivity index (χ4v) is 2.59. The lowest BCUT2D eigenvalue weighted by Crippen LogP contribution is -2.20. The molecule has 0 atom stereocenters. The Morgan fingerprint density at radius 1 is 1.38 bits per heavy atom. The van der Waals surface area contributed by atoms with Crippen LogP contribution >= 0.6 is 0 Å². The topological polar surface area (TPSA) is 101 Å². The standard InChI is InChI=1S/C16H17N7O/c1-23-9-13(15(22-23)10-4-5-10)18-16(24)19-14-7-12(20-21-14)11-3-2-6-17-8-11/h2-3,6-10H,4-5H2,1H3,(H3,18,19,20,21,24). The number of nitrogens with one attached hydrogen (secondary N) is 3. The van der Waals surface area contributed by atoms with Crippen molar-refractivity contribution in [3.8, 4) is 11.3 Å². The molecule has 3 aromatic heterocycles. The molecule has 0 bridgehead atoms. The number of aromatic nitrogens is 5. The van der Waals surface area contributed by atoms with Crippen LogP contribution < -0.4 is 10.6 Å². The first kappa shape index (κ1) is 14.4. The molecule has 122 valence electrons. The molecule has 0 unspecified atom stereocenters. The van der Waals surface area contributed by atoms with Crippen molar-refractivity contribution in [1.82, 2.24) is 25.0 Å². The molecule has 3 N–H and O–H groups in total. The van der Waals surface area contributed by atoms with E-state index >= 15 is 0 Å². The summed E-state index contributed by atoms with van der Waals surface area (Å²) in [6.45, 7) is 0. The third-order valence-electron chi connectivity index (χ3n) is 3.86. The van der Waals surface area contributed by atoms with Crippen LogP contribution in [0.5, 0.6) is 0 Å². The first-order valence-electron chi connectivity index (χ1n) is 7.76. The van der Waals surface area contributed by atoms with Gasteiger partial charge in [-0.2, -0.15) is 10.2 Å². The van der Waals surface area contributed by atoms with Gasteiger partial charge in [-0.15, -0.1) is 0 Å². The van der Waals surface area contributed by atoms with Crippen molar-refractivity contribution >= 4 is 17.5 Å². The average Bonchev–Trinajstić information content (AvgIpc) is 3.21. The van der Waals surface area contributed by atoms with Gasteiger partial charge in [0.2, 0.25) is 0 Å². The number of nitrogens with zero attached hydrogens (tertiary/aromatic N) is 4. The quantitative estimate of drug-likeness (QED) is 0.687. The lowest BCUT2D eigenvalue weighted by molar-refractivity contribution is 0.262. The largest absolute Gasteiger partial charge is 0.324 e. The molecule has 8 heteroatoms. The van der Waals surface area contributed by atoms with E-state index in [4.69, 9.17) is 0 Å². The predicted molar refractivity (Wildman–Crippen MR) is 89.6 cm³/mol. The van der Waals surface area contributed by atoms with Crippen LogP contribution in [0.2, 0.25) is 0 Å². The number of urea groups is 1. The number of aryl methyl sites for hydroxylation is 1. The second-order valence-electron chi connectivity index (χ2n) is 5.86. The summed E-state index contributed by atoms with van der Waals surface area (Å²) in [5, 5.41) is 17.0. The number of carbonyl (C=O) groups excluding carboxylic acids is 1. The minimum Gasteiger partial charge on any atom is -0.305 e. The summed E-state index contributed by atoms with van der Waals surface area (Å²) in [6, 6.07) is 5.19. The van der Waals surface area contributed by atoms with Crippen LogP contribution in [-0.4, -0.2) is 31.0 Å². The van der Waals surface area contributed by atoms with E-state index in [9.17, 15) is 4.79 Å².